The normalized spacial score (nSPS) is 8.11. The Balaban J connectivity index is 0.000000640. The van der Waals surface area contributed by atoms with Crippen molar-refractivity contribution in [2.45, 2.75) is 12.3 Å². The van der Waals surface area contributed by atoms with Crippen LogP contribution < -0.4 is 5.73 Å². The summed E-state index contributed by atoms with van der Waals surface area (Å²) < 4.78 is 0. The number of nitrogen functional groups attached to an aromatic ring is 1. The van der Waals surface area contributed by atoms with Crippen LogP contribution in [0.2, 0.25) is 0 Å². The molecule has 0 aliphatic carbocycles. The van der Waals surface area contributed by atoms with Gasteiger partial charge in [-0.1, -0.05) is 19.6 Å². The molecule has 0 saturated heterocycles. The molecular formula is C7H11NS. The van der Waals surface area contributed by atoms with Crippen molar-refractivity contribution >= 4 is 18.3 Å². The number of benzene rings is 1. The summed E-state index contributed by atoms with van der Waals surface area (Å²) >= 11 is 4.07. The Morgan fingerprint density at radius 3 is 2.11 bits per heavy atom. The van der Waals surface area contributed by atoms with E-state index in [4.69, 9.17) is 5.73 Å². The van der Waals surface area contributed by atoms with Gasteiger partial charge in [0.1, 0.15) is 0 Å². The summed E-state index contributed by atoms with van der Waals surface area (Å²) in [6, 6.07) is 7.47. The first-order chi connectivity index (χ1) is 3.80. The first kappa shape index (κ1) is 8.37. The Bertz CT molecular complexity index is 165. The molecule has 0 saturated carbocycles. The van der Waals surface area contributed by atoms with Crippen LogP contribution in [-0.2, 0) is 0 Å². The van der Waals surface area contributed by atoms with Crippen LogP contribution in [0.1, 0.15) is 7.43 Å². The maximum absolute atomic E-state index is 5.44. The van der Waals surface area contributed by atoms with Crippen LogP contribution in [0.25, 0.3) is 0 Å². The lowest BCUT2D eigenvalue weighted by atomic mass is 10.3. The number of nitrogens with two attached hydrogens (primary N) is 1. The minimum Gasteiger partial charge on any atom is -0.398 e. The molecule has 1 aromatic rings. The molecule has 50 valence electrons. The number of rotatable bonds is 0. The van der Waals surface area contributed by atoms with Gasteiger partial charge in [0, 0.05) is 10.6 Å². The summed E-state index contributed by atoms with van der Waals surface area (Å²) in [5.74, 6) is 0. The highest BCUT2D eigenvalue weighted by Crippen LogP contribution is 2.13. The van der Waals surface area contributed by atoms with Crippen molar-refractivity contribution in [1.82, 2.24) is 0 Å². The second-order valence-corrected chi connectivity index (χ2v) is 2.04. The first-order valence-electron chi connectivity index (χ1n) is 2.34. The molecule has 0 aromatic heterocycles. The highest BCUT2D eigenvalue weighted by Gasteiger charge is 1.85. The summed E-state index contributed by atoms with van der Waals surface area (Å²) in [5.41, 5.74) is 6.18. The molecule has 0 spiro atoms. The largest absolute Gasteiger partial charge is 0.398 e. The first-order valence-corrected chi connectivity index (χ1v) is 2.79. The van der Waals surface area contributed by atoms with Gasteiger partial charge in [-0.15, -0.1) is 12.6 Å². The van der Waals surface area contributed by atoms with Crippen LogP contribution >= 0.6 is 12.6 Å². The Morgan fingerprint density at radius 1 is 1.22 bits per heavy atom. The van der Waals surface area contributed by atoms with Gasteiger partial charge in [0.2, 0.25) is 0 Å². The summed E-state index contributed by atoms with van der Waals surface area (Å²) in [4.78, 5) is 0.840. The molecular weight excluding hydrogens is 130 g/mol. The van der Waals surface area contributed by atoms with Gasteiger partial charge >= 0.3 is 0 Å². The third kappa shape index (κ3) is 1.98. The van der Waals surface area contributed by atoms with E-state index in [1.807, 2.05) is 24.3 Å². The number of anilines is 1. The zero-order valence-electron chi connectivity index (χ0n) is 4.33. The molecule has 0 aliphatic rings. The second kappa shape index (κ2) is 3.41. The molecule has 1 nitrogen and oxygen atoms in total. The molecule has 0 heterocycles. The van der Waals surface area contributed by atoms with E-state index in [9.17, 15) is 0 Å². The third-order valence-electron chi connectivity index (χ3n) is 0.937. The number of hydrogen-bond donors (Lipinski definition) is 2. The van der Waals surface area contributed by atoms with Gasteiger partial charge in [-0.2, -0.15) is 0 Å². The van der Waals surface area contributed by atoms with E-state index in [1.165, 1.54) is 0 Å². The lowest BCUT2D eigenvalue weighted by molar-refractivity contribution is 1.48. The van der Waals surface area contributed by atoms with Gasteiger partial charge in [0.05, 0.1) is 0 Å². The molecule has 0 radical (unpaired) electrons. The Labute approximate surface area is 61.3 Å². The van der Waals surface area contributed by atoms with Crippen molar-refractivity contribution in [2.75, 3.05) is 5.73 Å². The summed E-state index contributed by atoms with van der Waals surface area (Å²) in [7, 11) is 0. The molecule has 2 N–H and O–H groups in total. The number of para-hydroxylation sites is 1. The maximum Gasteiger partial charge on any atom is 0.0449 e. The van der Waals surface area contributed by atoms with Crippen LogP contribution in [0.5, 0.6) is 0 Å². The molecule has 0 amide bonds. The lowest BCUT2D eigenvalue weighted by Gasteiger charge is -1.92. The Hall–Kier alpha value is -0.630. The van der Waals surface area contributed by atoms with Crippen molar-refractivity contribution in [1.29, 1.82) is 0 Å². The lowest BCUT2D eigenvalue weighted by Crippen LogP contribution is -1.83. The van der Waals surface area contributed by atoms with Gasteiger partial charge in [0.15, 0.2) is 0 Å². The van der Waals surface area contributed by atoms with E-state index in [-0.39, 0.29) is 7.43 Å². The highest BCUT2D eigenvalue weighted by atomic mass is 32.1. The fourth-order valence-electron chi connectivity index (χ4n) is 0.488. The minimum atomic E-state index is 0. The SMILES string of the molecule is C.Nc1ccccc1S. The predicted molar refractivity (Wildman–Crippen MR) is 44.8 cm³/mol. The van der Waals surface area contributed by atoms with Gasteiger partial charge in [-0.25, -0.2) is 0 Å². The third-order valence-corrected chi connectivity index (χ3v) is 1.34. The molecule has 2 heteroatoms. The number of hydrogen-bond acceptors (Lipinski definition) is 2. The van der Waals surface area contributed by atoms with E-state index in [0.717, 1.165) is 10.6 Å². The monoisotopic (exact) mass is 141 g/mol. The van der Waals surface area contributed by atoms with Crippen molar-refractivity contribution in [3.8, 4) is 0 Å². The van der Waals surface area contributed by atoms with Crippen molar-refractivity contribution < 1.29 is 0 Å². The molecule has 0 aliphatic heterocycles. The van der Waals surface area contributed by atoms with Crippen LogP contribution in [-0.4, -0.2) is 0 Å². The van der Waals surface area contributed by atoms with E-state index < -0.39 is 0 Å². The molecule has 0 bridgehead atoms. The minimum absolute atomic E-state index is 0. The quantitative estimate of drug-likeness (QED) is 0.420. The fourth-order valence-corrected chi connectivity index (χ4v) is 0.648. The zero-order valence-corrected chi connectivity index (χ0v) is 5.23. The summed E-state index contributed by atoms with van der Waals surface area (Å²) in [6.45, 7) is 0. The predicted octanol–water partition coefficient (Wildman–Crippen LogP) is 2.19. The molecule has 0 unspecified atom stereocenters. The van der Waals surface area contributed by atoms with E-state index in [2.05, 4.69) is 12.6 Å². The van der Waals surface area contributed by atoms with Crippen molar-refractivity contribution in [3.05, 3.63) is 24.3 Å². The highest BCUT2D eigenvalue weighted by molar-refractivity contribution is 7.80. The number of thiol groups is 1. The topological polar surface area (TPSA) is 26.0 Å². The fraction of sp³-hybridized carbons (Fsp3) is 0.143. The van der Waals surface area contributed by atoms with Crippen LogP contribution in [0.3, 0.4) is 0 Å². The van der Waals surface area contributed by atoms with Crippen LogP contribution in [0.4, 0.5) is 5.69 Å². The van der Waals surface area contributed by atoms with E-state index >= 15 is 0 Å². The van der Waals surface area contributed by atoms with Gasteiger partial charge in [-0.3, -0.25) is 0 Å². The average molecular weight is 141 g/mol. The smallest absolute Gasteiger partial charge is 0.0449 e. The van der Waals surface area contributed by atoms with Gasteiger partial charge in [-0.05, 0) is 12.1 Å². The summed E-state index contributed by atoms with van der Waals surface area (Å²) in [6.07, 6.45) is 0. The van der Waals surface area contributed by atoms with Crippen molar-refractivity contribution in [3.63, 3.8) is 0 Å². The summed E-state index contributed by atoms with van der Waals surface area (Å²) in [5, 5.41) is 0. The second-order valence-electron chi connectivity index (χ2n) is 1.56. The van der Waals surface area contributed by atoms with E-state index in [0.29, 0.717) is 0 Å². The molecule has 0 atom stereocenters. The standard InChI is InChI=1S/C6H7NS.CH4/c7-5-3-1-2-4-6(5)8;/h1-4,8H,7H2;1H4. The zero-order chi connectivity index (χ0) is 5.98. The maximum atomic E-state index is 5.44. The van der Waals surface area contributed by atoms with Crippen LogP contribution in [0.15, 0.2) is 29.2 Å². The molecule has 1 aromatic carbocycles. The van der Waals surface area contributed by atoms with Gasteiger partial charge in [0.25, 0.3) is 0 Å². The van der Waals surface area contributed by atoms with E-state index in [1.54, 1.807) is 0 Å². The van der Waals surface area contributed by atoms with Gasteiger partial charge < -0.3 is 5.73 Å². The van der Waals surface area contributed by atoms with Crippen LogP contribution in [0, 0.1) is 0 Å². The molecule has 9 heavy (non-hydrogen) atoms. The van der Waals surface area contributed by atoms with Crippen molar-refractivity contribution in [2.24, 2.45) is 0 Å². The molecule has 0 fully saturated rings. The average Bonchev–Trinajstić information content (AvgIpc) is 1.77. The Morgan fingerprint density at radius 2 is 1.78 bits per heavy atom. The Kier molecular flexibility index (Phi) is 3.17. The molecule has 1 rings (SSSR count).